The predicted molar refractivity (Wildman–Crippen MR) is 68.9 cm³/mol. The zero-order chi connectivity index (χ0) is 12.3. The second kappa shape index (κ2) is 4.99. The maximum absolute atomic E-state index is 4.28. The molecule has 0 saturated carbocycles. The number of aryl methyl sites for hydroxylation is 2. The largest absolute Gasteiger partial charge is 0.377 e. The molecule has 2 heterocycles. The molecular formula is C13H18N4. The molecule has 2 aromatic heterocycles. The number of anilines is 1. The Morgan fingerprint density at radius 2 is 2.24 bits per heavy atom. The molecule has 0 aromatic carbocycles. The standard InChI is InChI=1S/C13H18N4/c1-4-17-9-12(7-15-17)11(3)16-13-8-14-6-5-10(13)2/h5-9,11,16H,4H2,1-3H3. The predicted octanol–water partition coefficient (Wildman–Crippen LogP) is 2.78. The van der Waals surface area contributed by atoms with Gasteiger partial charge >= 0.3 is 0 Å². The summed E-state index contributed by atoms with van der Waals surface area (Å²) >= 11 is 0. The maximum atomic E-state index is 4.28. The molecule has 90 valence electrons. The molecule has 17 heavy (non-hydrogen) atoms. The Bertz CT molecular complexity index is 490. The van der Waals surface area contributed by atoms with Crippen molar-refractivity contribution in [3.63, 3.8) is 0 Å². The van der Waals surface area contributed by atoms with Gasteiger partial charge in [-0.05, 0) is 32.4 Å². The Balaban J connectivity index is 2.11. The third-order valence-corrected chi connectivity index (χ3v) is 2.89. The van der Waals surface area contributed by atoms with E-state index < -0.39 is 0 Å². The van der Waals surface area contributed by atoms with Crippen LogP contribution in [0.3, 0.4) is 0 Å². The summed E-state index contributed by atoms with van der Waals surface area (Å²) in [7, 11) is 0. The summed E-state index contributed by atoms with van der Waals surface area (Å²) < 4.78 is 1.93. The molecule has 0 radical (unpaired) electrons. The van der Waals surface area contributed by atoms with E-state index >= 15 is 0 Å². The molecule has 0 aliphatic heterocycles. The van der Waals surface area contributed by atoms with Crippen LogP contribution in [0.1, 0.15) is 31.0 Å². The summed E-state index contributed by atoms with van der Waals surface area (Å²) in [5.41, 5.74) is 3.47. The van der Waals surface area contributed by atoms with Gasteiger partial charge in [-0.3, -0.25) is 9.67 Å². The fourth-order valence-corrected chi connectivity index (χ4v) is 1.71. The number of nitrogens with zero attached hydrogens (tertiary/aromatic N) is 3. The summed E-state index contributed by atoms with van der Waals surface area (Å²) in [6.07, 6.45) is 7.65. The number of hydrogen-bond donors (Lipinski definition) is 1. The lowest BCUT2D eigenvalue weighted by molar-refractivity contribution is 0.658. The second-order valence-corrected chi connectivity index (χ2v) is 4.19. The molecule has 1 unspecified atom stereocenters. The topological polar surface area (TPSA) is 42.7 Å². The molecule has 0 aliphatic rings. The van der Waals surface area contributed by atoms with Gasteiger partial charge in [0.15, 0.2) is 0 Å². The lowest BCUT2D eigenvalue weighted by atomic mass is 10.1. The summed E-state index contributed by atoms with van der Waals surface area (Å²) in [5, 5.41) is 7.73. The van der Waals surface area contributed by atoms with E-state index in [-0.39, 0.29) is 6.04 Å². The third kappa shape index (κ3) is 2.64. The van der Waals surface area contributed by atoms with Gasteiger partial charge in [-0.2, -0.15) is 5.10 Å². The quantitative estimate of drug-likeness (QED) is 0.878. The highest BCUT2D eigenvalue weighted by atomic mass is 15.3. The Kier molecular flexibility index (Phi) is 3.42. The summed E-state index contributed by atoms with van der Waals surface area (Å²) in [6.45, 7) is 7.19. The molecule has 4 heteroatoms. The molecule has 4 nitrogen and oxygen atoms in total. The number of hydrogen-bond acceptors (Lipinski definition) is 3. The van der Waals surface area contributed by atoms with Crippen LogP contribution < -0.4 is 5.32 Å². The first-order valence-corrected chi connectivity index (χ1v) is 5.90. The summed E-state index contributed by atoms with van der Waals surface area (Å²) in [4.78, 5) is 4.13. The van der Waals surface area contributed by atoms with Crippen LogP contribution >= 0.6 is 0 Å². The van der Waals surface area contributed by atoms with Crippen molar-refractivity contribution in [1.29, 1.82) is 0 Å². The number of nitrogens with one attached hydrogen (secondary N) is 1. The van der Waals surface area contributed by atoms with E-state index in [1.807, 2.05) is 23.1 Å². The van der Waals surface area contributed by atoms with Crippen LogP contribution in [0.4, 0.5) is 5.69 Å². The Morgan fingerprint density at radius 3 is 2.88 bits per heavy atom. The molecule has 2 aromatic rings. The zero-order valence-corrected chi connectivity index (χ0v) is 10.5. The van der Waals surface area contributed by atoms with Crippen LogP contribution in [0.5, 0.6) is 0 Å². The molecule has 1 N–H and O–H groups in total. The number of rotatable bonds is 4. The van der Waals surface area contributed by atoms with Crippen LogP contribution in [0.2, 0.25) is 0 Å². The lowest BCUT2D eigenvalue weighted by Crippen LogP contribution is -2.07. The SMILES string of the molecule is CCn1cc(C(C)Nc2cnccc2C)cn1. The first-order chi connectivity index (χ1) is 8.20. The Hall–Kier alpha value is -1.84. The average molecular weight is 230 g/mol. The van der Waals surface area contributed by atoms with E-state index in [0.717, 1.165) is 12.2 Å². The summed E-state index contributed by atoms with van der Waals surface area (Å²) in [5.74, 6) is 0. The maximum Gasteiger partial charge on any atom is 0.0561 e. The van der Waals surface area contributed by atoms with Gasteiger partial charge in [0.2, 0.25) is 0 Å². The minimum atomic E-state index is 0.234. The molecule has 0 fully saturated rings. The van der Waals surface area contributed by atoms with Crippen LogP contribution in [0, 0.1) is 6.92 Å². The molecule has 0 saturated heterocycles. The van der Waals surface area contributed by atoms with Gasteiger partial charge in [0.25, 0.3) is 0 Å². The highest BCUT2D eigenvalue weighted by Crippen LogP contribution is 2.20. The van der Waals surface area contributed by atoms with Gasteiger partial charge in [0, 0.05) is 24.5 Å². The Morgan fingerprint density at radius 1 is 1.41 bits per heavy atom. The zero-order valence-electron chi connectivity index (χ0n) is 10.5. The van der Waals surface area contributed by atoms with Crippen molar-refractivity contribution in [3.8, 4) is 0 Å². The van der Waals surface area contributed by atoms with Crippen molar-refractivity contribution in [2.45, 2.75) is 33.4 Å². The first kappa shape index (κ1) is 11.6. The van der Waals surface area contributed by atoms with Crippen LogP contribution in [-0.4, -0.2) is 14.8 Å². The summed E-state index contributed by atoms with van der Waals surface area (Å²) in [6, 6.07) is 2.24. The van der Waals surface area contributed by atoms with Crippen molar-refractivity contribution in [3.05, 3.63) is 42.0 Å². The normalized spacial score (nSPS) is 12.4. The lowest BCUT2D eigenvalue weighted by Gasteiger charge is -2.14. The third-order valence-electron chi connectivity index (χ3n) is 2.89. The average Bonchev–Trinajstić information content (AvgIpc) is 2.81. The molecule has 0 bridgehead atoms. The minimum absolute atomic E-state index is 0.234. The molecule has 0 spiro atoms. The van der Waals surface area contributed by atoms with Crippen molar-refractivity contribution >= 4 is 5.69 Å². The smallest absolute Gasteiger partial charge is 0.0561 e. The number of aromatic nitrogens is 3. The van der Waals surface area contributed by atoms with Gasteiger partial charge < -0.3 is 5.32 Å². The van der Waals surface area contributed by atoms with E-state index in [0.29, 0.717) is 0 Å². The van der Waals surface area contributed by atoms with Crippen LogP contribution in [-0.2, 0) is 6.54 Å². The van der Waals surface area contributed by atoms with Crippen molar-refractivity contribution in [2.75, 3.05) is 5.32 Å². The highest BCUT2D eigenvalue weighted by Gasteiger charge is 2.08. The number of pyridine rings is 1. The minimum Gasteiger partial charge on any atom is -0.377 e. The second-order valence-electron chi connectivity index (χ2n) is 4.19. The molecular weight excluding hydrogens is 212 g/mol. The van der Waals surface area contributed by atoms with Crippen LogP contribution in [0.25, 0.3) is 0 Å². The van der Waals surface area contributed by atoms with E-state index in [2.05, 4.69) is 42.4 Å². The van der Waals surface area contributed by atoms with Gasteiger partial charge in [0.05, 0.1) is 24.1 Å². The van der Waals surface area contributed by atoms with Gasteiger partial charge in [0.1, 0.15) is 0 Å². The Labute approximate surface area is 102 Å². The van der Waals surface area contributed by atoms with E-state index in [4.69, 9.17) is 0 Å². The monoisotopic (exact) mass is 230 g/mol. The van der Waals surface area contributed by atoms with E-state index in [9.17, 15) is 0 Å². The molecule has 0 amide bonds. The fraction of sp³-hybridized carbons (Fsp3) is 0.385. The first-order valence-electron chi connectivity index (χ1n) is 5.90. The molecule has 1 atom stereocenters. The van der Waals surface area contributed by atoms with Gasteiger partial charge in [-0.15, -0.1) is 0 Å². The molecule has 2 rings (SSSR count). The molecule has 0 aliphatic carbocycles. The highest BCUT2D eigenvalue weighted by molar-refractivity contribution is 5.49. The van der Waals surface area contributed by atoms with Crippen molar-refractivity contribution < 1.29 is 0 Å². The van der Waals surface area contributed by atoms with Crippen LogP contribution in [0.15, 0.2) is 30.9 Å². The van der Waals surface area contributed by atoms with Gasteiger partial charge in [-0.25, -0.2) is 0 Å². The van der Waals surface area contributed by atoms with E-state index in [1.165, 1.54) is 11.1 Å². The van der Waals surface area contributed by atoms with Crippen molar-refractivity contribution in [1.82, 2.24) is 14.8 Å². The van der Waals surface area contributed by atoms with Gasteiger partial charge in [-0.1, -0.05) is 0 Å². The fourth-order valence-electron chi connectivity index (χ4n) is 1.71. The van der Waals surface area contributed by atoms with E-state index in [1.54, 1.807) is 6.20 Å². The van der Waals surface area contributed by atoms with Crippen molar-refractivity contribution in [2.24, 2.45) is 0 Å².